The molecule has 0 N–H and O–H groups in total. The standard InChI is InChI=1S/C13H22N2/c1-12-7-5-6-8-13(12)11-15(4)10-9-14(2)3/h5-8H,9-11H2,1-4H3. The summed E-state index contributed by atoms with van der Waals surface area (Å²) in [6.45, 7) is 5.44. The quantitative estimate of drug-likeness (QED) is 0.727. The first-order valence-corrected chi connectivity index (χ1v) is 5.47. The van der Waals surface area contributed by atoms with Crippen LogP contribution in [0.5, 0.6) is 0 Å². The monoisotopic (exact) mass is 206 g/mol. The zero-order valence-electron chi connectivity index (χ0n) is 10.3. The van der Waals surface area contributed by atoms with Crippen LogP contribution in [0.1, 0.15) is 11.1 Å². The fourth-order valence-corrected chi connectivity index (χ4v) is 1.53. The summed E-state index contributed by atoms with van der Waals surface area (Å²) >= 11 is 0. The summed E-state index contributed by atoms with van der Waals surface area (Å²) in [5.41, 5.74) is 2.81. The predicted molar refractivity (Wildman–Crippen MR) is 66.1 cm³/mol. The largest absolute Gasteiger partial charge is 0.308 e. The van der Waals surface area contributed by atoms with Gasteiger partial charge in [-0.15, -0.1) is 0 Å². The minimum atomic E-state index is 1.04. The molecule has 0 unspecified atom stereocenters. The van der Waals surface area contributed by atoms with Gasteiger partial charge < -0.3 is 9.80 Å². The molecule has 0 fully saturated rings. The van der Waals surface area contributed by atoms with Gasteiger partial charge in [-0.05, 0) is 39.2 Å². The second kappa shape index (κ2) is 5.89. The molecule has 0 aliphatic carbocycles. The van der Waals surface area contributed by atoms with Crippen molar-refractivity contribution in [3.8, 4) is 0 Å². The van der Waals surface area contributed by atoms with E-state index in [2.05, 4.69) is 62.1 Å². The lowest BCUT2D eigenvalue weighted by Gasteiger charge is -2.20. The van der Waals surface area contributed by atoms with Gasteiger partial charge in [-0.1, -0.05) is 24.3 Å². The maximum absolute atomic E-state index is 2.36. The first-order valence-electron chi connectivity index (χ1n) is 5.47. The zero-order chi connectivity index (χ0) is 11.3. The summed E-state index contributed by atoms with van der Waals surface area (Å²) in [5, 5.41) is 0. The maximum Gasteiger partial charge on any atom is 0.0233 e. The Morgan fingerprint density at radius 1 is 1.00 bits per heavy atom. The highest BCUT2D eigenvalue weighted by atomic mass is 15.1. The Morgan fingerprint density at radius 3 is 2.27 bits per heavy atom. The highest BCUT2D eigenvalue weighted by molar-refractivity contribution is 5.25. The van der Waals surface area contributed by atoms with Crippen molar-refractivity contribution in [2.75, 3.05) is 34.2 Å². The first kappa shape index (κ1) is 12.2. The Bertz CT molecular complexity index is 294. The number of rotatable bonds is 5. The molecule has 2 nitrogen and oxygen atoms in total. The molecule has 0 bridgehead atoms. The number of aryl methyl sites for hydroxylation is 1. The number of likely N-dealkylation sites (N-methyl/N-ethyl adjacent to an activating group) is 2. The van der Waals surface area contributed by atoms with Crippen LogP contribution in [0.3, 0.4) is 0 Å². The molecule has 0 atom stereocenters. The second-order valence-corrected chi connectivity index (χ2v) is 4.47. The summed E-state index contributed by atoms with van der Waals surface area (Å²) in [7, 11) is 6.40. The van der Waals surface area contributed by atoms with E-state index in [0.29, 0.717) is 0 Å². The van der Waals surface area contributed by atoms with Crippen LogP contribution >= 0.6 is 0 Å². The molecule has 84 valence electrons. The third kappa shape index (κ3) is 4.45. The molecule has 0 saturated heterocycles. The molecule has 0 aliphatic heterocycles. The van der Waals surface area contributed by atoms with Gasteiger partial charge in [0, 0.05) is 19.6 Å². The molecule has 0 aromatic heterocycles. The van der Waals surface area contributed by atoms with Crippen molar-refractivity contribution in [1.82, 2.24) is 9.80 Å². The minimum Gasteiger partial charge on any atom is -0.308 e. The van der Waals surface area contributed by atoms with Gasteiger partial charge in [0.15, 0.2) is 0 Å². The molecule has 1 aromatic rings. The molecule has 1 rings (SSSR count). The molecular weight excluding hydrogens is 184 g/mol. The van der Waals surface area contributed by atoms with E-state index in [1.807, 2.05) is 0 Å². The van der Waals surface area contributed by atoms with E-state index in [-0.39, 0.29) is 0 Å². The first-order chi connectivity index (χ1) is 7.09. The van der Waals surface area contributed by atoms with Crippen molar-refractivity contribution >= 4 is 0 Å². The van der Waals surface area contributed by atoms with Gasteiger partial charge in [0.05, 0.1) is 0 Å². The van der Waals surface area contributed by atoms with E-state index in [4.69, 9.17) is 0 Å². The molecule has 15 heavy (non-hydrogen) atoms. The number of hydrogen-bond donors (Lipinski definition) is 0. The van der Waals surface area contributed by atoms with Crippen LogP contribution in [0.4, 0.5) is 0 Å². The van der Waals surface area contributed by atoms with Crippen molar-refractivity contribution < 1.29 is 0 Å². The van der Waals surface area contributed by atoms with Crippen molar-refractivity contribution in [2.24, 2.45) is 0 Å². The summed E-state index contributed by atoms with van der Waals surface area (Å²) < 4.78 is 0. The van der Waals surface area contributed by atoms with Crippen LogP contribution in [0.25, 0.3) is 0 Å². The van der Waals surface area contributed by atoms with Crippen LogP contribution in [0.2, 0.25) is 0 Å². The van der Waals surface area contributed by atoms with Gasteiger partial charge in [-0.3, -0.25) is 0 Å². The molecule has 0 heterocycles. The normalized spacial score (nSPS) is 11.3. The van der Waals surface area contributed by atoms with Crippen molar-refractivity contribution in [2.45, 2.75) is 13.5 Å². The molecule has 1 aromatic carbocycles. The lowest BCUT2D eigenvalue weighted by molar-refractivity contribution is 0.276. The Morgan fingerprint density at radius 2 is 1.67 bits per heavy atom. The van der Waals surface area contributed by atoms with Gasteiger partial charge in [-0.25, -0.2) is 0 Å². The zero-order valence-corrected chi connectivity index (χ0v) is 10.3. The van der Waals surface area contributed by atoms with E-state index in [0.717, 1.165) is 19.6 Å². The Balaban J connectivity index is 2.44. The summed E-state index contributed by atoms with van der Waals surface area (Å²) in [6, 6.07) is 8.59. The summed E-state index contributed by atoms with van der Waals surface area (Å²) in [4.78, 5) is 4.58. The average Bonchev–Trinajstić information content (AvgIpc) is 2.18. The van der Waals surface area contributed by atoms with Crippen molar-refractivity contribution in [1.29, 1.82) is 0 Å². The Labute approximate surface area is 93.5 Å². The molecule has 0 saturated carbocycles. The molecule has 2 heteroatoms. The molecule has 0 radical (unpaired) electrons. The average molecular weight is 206 g/mol. The van der Waals surface area contributed by atoms with Crippen LogP contribution in [-0.4, -0.2) is 44.0 Å². The third-order valence-electron chi connectivity index (χ3n) is 2.63. The number of nitrogens with zero attached hydrogens (tertiary/aromatic N) is 2. The fraction of sp³-hybridized carbons (Fsp3) is 0.538. The maximum atomic E-state index is 2.36. The van der Waals surface area contributed by atoms with Crippen LogP contribution in [-0.2, 0) is 6.54 Å². The molecule has 0 aliphatic rings. The van der Waals surface area contributed by atoms with E-state index >= 15 is 0 Å². The molecule has 0 amide bonds. The number of benzene rings is 1. The lowest BCUT2D eigenvalue weighted by Crippen LogP contribution is -2.28. The Hall–Kier alpha value is -0.860. The number of hydrogen-bond acceptors (Lipinski definition) is 2. The molecule has 0 spiro atoms. The van der Waals surface area contributed by atoms with Gasteiger partial charge in [0.2, 0.25) is 0 Å². The fourth-order valence-electron chi connectivity index (χ4n) is 1.53. The third-order valence-corrected chi connectivity index (χ3v) is 2.63. The Kier molecular flexibility index (Phi) is 4.79. The van der Waals surface area contributed by atoms with Crippen molar-refractivity contribution in [3.63, 3.8) is 0 Å². The van der Waals surface area contributed by atoms with E-state index in [1.165, 1.54) is 11.1 Å². The van der Waals surface area contributed by atoms with Crippen LogP contribution in [0.15, 0.2) is 24.3 Å². The van der Waals surface area contributed by atoms with Crippen LogP contribution in [0, 0.1) is 6.92 Å². The highest BCUT2D eigenvalue weighted by Gasteiger charge is 2.02. The predicted octanol–water partition coefficient (Wildman–Crippen LogP) is 1.99. The van der Waals surface area contributed by atoms with Gasteiger partial charge in [0.1, 0.15) is 0 Å². The summed E-state index contributed by atoms with van der Waals surface area (Å²) in [6.07, 6.45) is 0. The second-order valence-electron chi connectivity index (χ2n) is 4.47. The molecular formula is C13H22N2. The van der Waals surface area contributed by atoms with Gasteiger partial charge in [0.25, 0.3) is 0 Å². The minimum absolute atomic E-state index is 1.04. The summed E-state index contributed by atoms with van der Waals surface area (Å²) in [5.74, 6) is 0. The topological polar surface area (TPSA) is 6.48 Å². The smallest absolute Gasteiger partial charge is 0.0233 e. The SMILES string of the molecule is Cc1ccccc1CN(C)CCN(C)C. The van der Waals surface area contributed by atoms with E-state index in [1.54, 1.807) is 0 Å². The van der Waals surface area contributed by atoms with E-state index in [9.17, 15) is 0 Å². The lowest BCUT2D eigenvalue weighted by atomic mass is 10.1. The van der Waals surface area contributed by atoms with Gasteiger partial charge >= 0.3 is 0 Å². The van der Waals surface area contributed by atoms with Crippen LogP contribution < -0.4 is 0 Å². The van der Waals surface area contributed by atoms with E-state index < -0.39 is 0 Å². The van der Waals surface area contributed by atoms with Crippen molar-refractivity contribution in [3.05, 3.63) is 35.4 Å². The highest BCUT2D eigenvalue weighted by Crippen LogP contribution is 2.08. The van der Waals surface area contributed by atoms with Gasteiger partial charge in [-0.2, -0.15) is 0 Å².